The van der Waals surface area contributed by atoms with Crippen LogP contribution in [0.3, 0.4) is 0 Å². The molecule has 0 spiro atoms. The summed E-state index contributed by atoms with van der Waals surface area (Å²) < 4.78 is 18.0. The third-order valence-corrected chi connectivity index (χ3v) is 1.78. The van der Waals surface area contributed by atoms with Crippen LogP contribution in [-0.4, -0.2) is 9.97 Å². The first kappa shape index (κ1) is 9.86. The average molecular weight is 225 g/mol. The van der Waals surface area contributed by atoms with Gasteiger partial charge in [-0.05, 0) is 12.1 Å². The summed E-state index contributed by atoms with van der Waals surface area (Å²) in [5.74, 6) is 0.210. The molecule has 0 saturated carbocycles. The second-order valence-electron chi connectivity index (χ2n) is 2.74. The normalized spacial score (nSPS) is 10.0. The number of benzene rings is 1. The molecule has 0 saturated heterocycles. The standard InChI is InChI=1S/C10H6ClFN2O/c11-9-5-13-6-10(14-9)15-8-3-1-2-7(12)4-8/h1-6H. The van der Waals surface area contributed by atoms with Gasteiger partial charge < -0.3 is 4.74 Å². The van der Waals surface area contributed by atoms with Gasteiger partial charge in [-0.25, -0.2) is 4.39 Å². The van der Waals surface area contributed by atoms with Crippen molar-refractivity contribution < 1.29 is 9.13 Å². The van der Waals surface area contributed by atoms with Crippen LogP contribution in [0.5, 0.6) is 11.6 Å². The van der Waals surface area contributed by atoms with Crippen LogP contribution in [0.15, 0.2) is 36.7 Å². The minimum atomic E-state index is -0.373. The minimum absolute atomic E-state index is 0.226. The molecule has 2 rings (SSSR count). The molecule has 5 heteroatoms. The summed E-state index contributed by atoms with van der Waals surface area (Å²) in [6.07, 6.45) is 2.79. The van der Waals surface area contributed by atoms with Crippen LogP contribution in [0.4, 0.5) is 4.39 Å². The van der Waals surface area contributed by atoms with Gasteiger partial charge in [0.25, 0.3) is 0 Å². The van der Waals surface area contributed by atoms with Crippen LogP contribution in [-0.2, 0) is 0 Å². The largest absolute Gasteiger partial charge is 0.437 e. The second kappa shape index (κ2) is 4.23. The van der Waals surface area contributed by atoms with E-state index in [9.17, 15) is 4.39 Å². The molecular formula is C10H6ClFN2O. The lowest BCUT2D eigenvalue weighted by Crippen LogP contribution is -1.89. The van der Waals surface area contributed by atoms with E-state index in [1.54, 1.807) is 12.1 Å². The molecular weight excluding hydrogens is 219 g/mol. The third-order valence-electron chi connectivity index (χ3n) is 1.60. The van der Waals surface area contributed by atoms with Gasteiger partial charge in [0, 0.05) is 6.07 Å². The zero-order chi connectivity index (χ0) is 10.7. The Morgan fingerprint density at radius 2 is 2.13 bits per heavy atom. The van der Waals surface area contributed by atoms with Crippen LogP contribution >= 0.6 is 11.6 Å². The first-order chi connectivity index (χ1) is 7.24. The molecule has 3 nitrogen and oxygen atoms in total. The topological polar surface area (TPSA) is 35.0 Å². The average Bonchev–Trinajstić information content (AvgIpc) is 2.17. The zero-order valence-electron chi connectivity index (χ0n) is 7.52. The molecule has 0 amide bonds. The maximum absolute atomic E-state index is 12.8. The smallest absolute Gasteiger partial charge is 0.239 e. The van der Waals surface area contributed by atoms with Gasteiger partial charge in [-0.2, -0.15) is 4.98 Å². The summed E-state index contributed by atoms with van der Waals surface area (Å²) in [4.78, 5) is 7.65. The maximum atomic E-state index is 12.8. The van der Waals surface area contributed by atoms with Crippen molar-refractivity contribution >= 4 is 11.6 Å². The predicted octanol–water partition coefficient (Wildman–Crippen LogP) is 3.06. The predicted molar refractivity (Wildman–Crippen MR) is 53.5 cm³/mol. The molecule has 0 aliphatic rings. The Hall–Kier alpha value is -1.68. The van der Waals surface area contributed by atoms with Crippen LogP contribution in [0.1, 0.15) is 0 Å². The molecule has 15 heavy (non-hydrogen) atoms. The molecule has 0 bridgehead atoms. The van der Waals surface area contributed by atoms with E-state index in [2.05, 4.69) is 9.97 Å². The van der Waals surface area contributed by atoms with Crippen molar-refractivity contribution in [3.8, 4) is 11.6 Å². The molecule has 76 valence electrons. The van der Waals surface area contributed by atoms with Crippen molar-refractivity contribution in [2.75, 3.05) is 0 Å². The summed E-state index contributed by atoms with van der Waals surface area (Å²) in [5.41, 5.74) is 0. The summed E-state index contributed by atoms with van der Waals surface area (Å²) in [6.45, 7) is 0. The Bertz CT molecular complexity index is 435. The Kier molecular flexibility index (Phi) is 2.78. The Morgan fingerprint density at radius 3 is 2.87 bits per heavy atom. The number of nitrogens with zero attached hydrogens (tertiary/aromatic N) is 2. The van der Waals surface area contributed by atoms with E-state index in [0.717, 1.165) is 0 Å². The third kappa shape index (κ3) is 2.63. The Balaban J connectivity index is 2.22. The fourth-order valence-electron chi connectivity index (χ4n) is 1.03. The van der Waals surface area contributed by atoms with Crippen LogP contribution in [0.2, 0.25) is 5.15 Å². The highest BCUT2D eigenvalue weighted by Crippen LogP contribution is 2.20. The SMILES string of the molecule is Fc1cccc(Oc2cncc(Cl)n2)c1. The van der Waals surface area contributed by atoms with E-state index < -0.39 is 0 Å². The molecule has 0 aliphatic carbocycles. The van der Waals surface area contributed by atoms with Gasteiger partial charge >= 0.3 is 0 Å². The van der Waals surface area contributed by atoms with Crippen molar-refractivity contribution in [3.63, 3.8) is 0 Å². The van der Waals surface area contributed by atoms with Crippen LogP contribution < -0.4 is 4.74 Å². The van der Waals surface area contributed by atoms with Gasteiger partial charge in [-0.1, -0.05) is 17.7 Å². The molecule has 1 aromatic carbocycles. The van der Waals surface area contributed by atoms with E-state index >= 15 is 0 Å². The lowest BCUT2D eigenvalue weighted by atomic mass is 10.3. The molecule has 0 aliphatic heterocycles. The first-order valence-corrected chi connectivity index (χ1v) is 4.53. The van der Waals surface area contributed by atoms with Gasteiger partial charge in [-0.3, -0.25) is 4.98 Å². The number of ether oxygens (including phenoxy) is 1. The molecule has 2 aromatic rings. The molecule has 1 heterocycles. The number of rotatable bonds is 2. The Morgan fingerprint density at radius 1 is 1.27 bits per heavy atom. The summed E-state index contributed by atoms with van der Waals surface area (Å²) in [7, 11) is 0. The monoisotopic (exact) mass is 224 g/mol. The van der Waals surface area contributed by atoms with E-state index in [-0.39, 0.29) is 16.9 Å². The molecule has 0 radical (unpaired) electrons. The number of halogens is 2. The highest BCUT2D eigenvalue weighted by atomic mass is 35.5. The molecule has 0 unspecified atom stereocenters. The van der Waals surface area contributed by atoms with Gasteiger partial charge in [-0.15, -0.1) is 0 Å². The molecule has 0 fully saturated rings. The highest BCUT2D eigenvalue weighted by Gasteiger charge is 2.00. The number of hydrogen-bond donors (Lipinski definition) is 0. The second-order valence-corrected chi connectivity index (χ2v) is 3.13. The van der Waals surface area contributed by atoms with Crippen molar-refractivity contribution in [1.82, 2.24) is 9.97 Å². The van der Waals surface area contributed by atoms with E-state index in [1.807, 2.05) is 0 Å². The summed E-state index contributed by atoms with van der Waals surface area (Å²) >= 11 is 5.61. The van der Waals surface area contributed by atoms with Crippen LogP contribution in [0, 0.1) is 5.82 Å². The summed E-state index contributed by atoms with van der Waals surface area (Å²) in [5, 5.41) is 0.226. The molecule has 0 N–H and O–H groups in total. The van der Waals surface area contributed by atoms with Gasteiger partial charge in [0.2, 0.25) is 5.88 Å². The van der Waals surface area contributed by atoms with Crippen molar-refractivity contribution in [1.29, 1.82) is 0 Å². The molecule has 0 atom stereocenters. The minimum Gasteiger partial charge on any atom is -0.437 e. The Labute approximate surface area is 90.5 Å². The number of aromatic nitrogens is 2. The molecule has 1 aromatic heterocycles. The maximum Gasteiger partial charge on any atom is 0.239 e. The van der Waals surface area contributed by atoms with Crippen molar-refractivity contribution in [2.45, 2.75) is 0 Å². The van der Waals surface area contributed by atoms with Gasteiger partial charge in [0.15, 0.2) is 5.15 Å². The summed E-state index contributed by atoms with van der Waals surface area (Å²) in [6, 6.07) is 5.74. The van der Waals surface area contributed by atoms with E-state index in [1.165, 1.54) is 24.5 Å². The highest BCUT2D eigenvalue weighted by molar-refractivity contribution is 6.29. The van der Waals surface area contributed by atoms with E-state index in [0.29, 0.717) is 5.75 Å². The lowest BCUT2D eigenvalue weighted by molar-refractivity contribution is 0.455. The van der Waals surface area contributed by atoms with E-state index in [4.69, 9.17) is 16.3 Å². The lowest BCUT2D eigenvalue weighted by Gasteiger charge is -2.03. The quantitative estimate of drug-likeness (QED) is 0.786. The van der Waals surface area contributed by atoms with Crippen molar-refractivity contribution in [3.05, 3.63) is 47.6 Å². The van der Waals surface area contributed by atoms with Gasteiger partial charge in [0.05, 0.1) is 12.4 Å². The van der Waals surface area contributed by atoms with Crippen LogP contribution in [0.25, 0.3) is 0 Å². The zero-order valence-corrected chi connectivity index (χ0v) is 8.28. The van der Waals surface area contributed by atoms with Gasteiger partial charge in [0.1, 0.15) is 11.6 Å². The van der Waals surface area contributed by atoms with Crippen molar-refractivity contribution in [2.24, 2.45) is 0 Å². The fraction of sp³-hybridized carbons (Fsp3) is 0. The number of hydrogen-bond acceptors (Lipinski definition) is 3. The fourth-order valence-corrected chi connectivity index (χ4v) is 1.17. The first-order valence-electron chi connectivity index (χ1n) is 4.15.